The Hall–Kier alpha value is -2.92. The molecule has 34 heavy (non-hydrogen) atoms. The summed E-state index contributed by atoms with van der Waals surface area (Å²) in [5.41, 5.74) is 4.80. The monoisotopic (exact) mass is 472 g/mol. The third-order valence-electron chi connectivity index (χ3n) is 7.32. The quantitative estimate of drug-likeness (QED) is 0.470. The predicted molar refractivity (Wildman–Crippen MR) is 137 cm³/mol. The molecule has 3 atom stereocenters. The maximum absolute atomic E-state index is 13.8. The minimum absolute atomic E-state index is 0.0189. The largest absolute Gasteiger partial charge is 0.331 e. The summed E-state index contributed by atoms with van der Waals surface area (Å²) in [6.45, 7) is 6.95. The van der Waals surface area contributed by atoms with Crippen LogP contribution < -0.4 is 0 Å². The van der Waals surface area contributed by atoms with Crippen LogP contribution in [0.4, 0.5) is 0 Å². The van der Waals surface area contributed by atoms with Crippen LogP contribution in [0.3, 0.4) is 0 Å². The van der Waals surface area contributed by atoms with Gasteiger partial charge in [-0.2, -0.15) is 0 Å². The van der Waals surface area contributed by atoms with Gasteiger partial charge in [0, 0.05) is 23.4 Å². The van der Waals surface area contributed by atoms with Crippen LogP contribution in [0.5, 0.6) is 0 Å². The van der Waals surface area contributed by atoms with Crippen molar-refractivity contribution >= 4 is 23.2 Å². The third-order valence-corrected chi connectivity index (χ3v) is 8.31. The number of thiophene rings is 1. The van der Waals surface area contributed by atoms with Crippen LogP contribution in [0, 0.1) is 12.8 Å². The molecule has 3 unspecified atom stereocenters. The van der Waals surface area contributed by atoms with Gasteiger partial charge in [0.1, 0.15) is 6.54 Å². The number of fused-ring (bicyclic) bond motifs is 1. The molecule has 1 aromatic heterocycles. The molecule has 5 rings (SSSR count). The Kier molecular flexibility index (Phi) is 6.30. The van der Waals surface area contributed by atoms with E-state index in [1.165, 1.54) is 27.1 Å². The number of nitrogens with zero attached hydrogens (tertiary/aromatic N) is 2. The van der Waals surface area contributed by atoms with Gasteiger partial charge in [0.25, 0.3) is 0 Å². The lowest BCUT2D eigenvalue weighted by Crippen LogP contribution is -2.49. The van der Waals surface area contributed by atoms with E-state index in [0.717, 1.165) is 12.8 Å². The highest BCUT2D eigenvalue weighted by molar-refractivity contribution is 7.10. The van der Waals surface area contributed by atoms with E-state index in [-0.39, 0.29) is 42.3 Å². The number of hydrogen-bond acceptors (Lipinski definition) is 3. The second-order valence-electron chi connectivity index (χ2n) is 9.81. The molecule has 2 aliphatic rings. The SMILES string of the molecule is Cc1ccccc1C1c2ccsc2CCN1C(=O)CN(C(=O)C1CC1c1ccccc1)C(C)C. The summed E-state index contributed by atoms with van der Waals surface area (Å²) in [6.07, 6.45) is 1.74. The number of hydrogen-bond donors (Lipinski definition) is 0. The smallest absolute Gasteiger partial charge is 0.243 e. The summed E-state index contributed by atoms with van der Waals surface area (Å²) in [6, 6.07) is 20.6. The van der Waals surface area contributed by atoms with Crippen molar-refractivity contribution in [2.24, 2.45) is 5.92 Å². The molecule has 2 amide bonds. The van der Waals surface area contributed by atoms with Crippen molar-refractivity contribution in [3.05, 3.63) is 93.2 Å². The van der Waals surface area contributed by atoms with Gasteiger partial charge in [-0.15, -0.1) is 11.3 Å². The van der Waals surface area contributed by atoms with Crippen molar-refractivity contribution in [1.82, 2.24) is 9.80 Å². The van der Waals surface area contributed by atoms with Gasteiger partial charge < -0.3 is 9.80 Å². The van der Waals surface area contributed by atoms with E-state index in [4.69, 9.17) is 0 Å². The molecule has 1 aliphatic carbocycles. The first kappa shape index (κ1) is 22.9. The zero-order chi connectivity index (χ0) is 23.8. The molecule has 4 nitrogen and oxygen atoms in total. The molecule has 1 saturated carbocycles. The van der Waals surface area contributed by atoms with Gasteiger partial charge in [0.15, 0.2) is 0 Å². The van der Waals surface area contributed by atoms with Crippen LogP contribution in [0.1, 0.15) is 59.4 Å². The summed E-state index contributed by atoms with van der Waals surface area (Å²) in [4.78, 5) is 32.4. The molecular formula is C29H32N2O2S. The highest BCUT2D eigenvalue weighted by atomic mass is 32.1. The van der Waals surface area contributed by atoms with Crippen LogP contribution in [-0.4, -0.2) is 40.7 Å². The predicted octanol–water partition coefficient (Wildman–Crippen LogP) is 5.57. The van der Waals surface area contributed by atoms with E-state index in [2.05, 4.69) is 42.6 Å². The van der Waals surface area contributed by atoms with Gasteiger partial charge in [-0.3, -0.25) is 9.59 Å². The number of aryl methyl sites for hydroxylation is 1. The Bertz CT molecular complexity index is 1190. The van der Waals surface area contributed by atoms with Crippen molar-refractivity contribution in [2.45, 2.75) is 51.6 Å². The van der Waals surface area contributed by atoms with Gasteiger partial charge >= 0.3 is 0 Å². The van der Waals surface area contributed by atoms with E-state index in [9.17, 15) is 9.59 Å². The van der Waals surface area contributed by atoms with E-state index >= 15 is 0 Å². The zero-order valence-electron chi connectivity index (χ0n) is 20.1. The maximum Gasteiger partial charge on any atom is 0.243 e. The van der Waals surface area contributed by atoms with Crippen LogP contribution in [0.2, 0.25) is 0 Å². The molecule has 0 saturated heterocycles. The fourth-order valence-corrected chi connectivity index (χ4v) is 6.22. The summed E-state index contributed by atoms with van der Waals surface area (Å²) in [5.74, 6) is 0.393. The summed E-state index contributed by atoms with van der Waals surface area (Å²) >= 11 is 1.77. The Morgan fingerprint density at radius 3 is 2.50 bits per heavy atom. The maximum atomic E-state index is 13.8. The molecule has 0 spiro atoms. The number of carbonyl (C=O) groups excluding carboxylic acids is 2. The average molecular weight is 473 g/mol. The lowest BCUT2D eigenvalue weighted by molar-refractivity contribution is -0.144. The molecule has 3 aromatic rings. The molecular weight excluding hydrogens is 440 g/mol. The minimum Gasteiger partial charge on any atom is -0.331 e. The van der Waals surface area contributed by atoms with Crippen molar-refractivity contribution in [3.63, 3.8) is 0 Å². The van der Waals surface area contributed by atoms with Crippen LogP contribution in [0.25, 0.3) is 0 Å². The average Bonchev–Trinajstić information content (AvgIpc) is 3.50. The molecule has 176 valence electrons. The Labute approximate surface area is 206 Å². The highest BCUT2D eigenvalue weighted by Gasteiger charge is 2.46. The minimum atomic E-state index is -0.0918. The fraction of sp³-hybridized carbons (Fsp3) is 0.379. The molecule has 2 aromatic carbocycles. The van der Waals surface area contributed by atoms with Crippen LogP contribution >= 0.6 is 11.3 Å². The first-order chi connectivity index (χ1) is 16.5. The summed E-state index contributed by atoms with van der Waals surface area (Å²) < 4.78 is 0. The van der Waals surface area contributed by atoms with Gasteiger partial charge in [-0.05, 0) is 73.2 Å². The topological polar surface area (TPSA) is 40.6 Å². The summed E-state index contributed by atoms with van der Waals surface area (Å²) in [7, 11) is 0. The van der Waals surface area contributed by atoms with Crippen molar-refractivity contribution in [2.75, 3.05) is 13.1 Å². The van der Waals surface area contributed by atoms with Crippen molar-refractivity contribution < 1.29 is 9.59 Å². The van der Waals surface area contributed by atoms with E-state index in [1.807, 2.05) is 49.1 Å². The molecule has 0 bridgehead atoms. The zero-order valence-corrected chi connectivity index (χ0v) is 20.9. The standard InChI is InChI=1S/C29H32N2O2S/c1-19(2)31(29(33)25-17-24(25)21-10-5-4-6-11-21)18-27(32)30-15-13-26-23(14-16-34-26)28(30)22-12-8-7-9-20(22)3/h4-12,14,16,19,24-25,28H,13,15,17-18H2,1-3H3. The number of carbonyl (C=O) groups is 2. The molecule has 0 N–H and O–H groups in total. The Balaban J connectivity index is 1.37. The molecule has 5 heteroatoms. The number of amides is 2. The lowest BCUT2D eigenvalue weighted by Gasteiger charge is -2.39. The van der Waals surface area contributed by atoms with Crippen molar-refractivity contribution in [3.8, 4) is 0 Å². The number of benzene rings is 2. The van der Waals surface area contributed by atoms with Gasteiger partial charge in [0.2, 0.25) is 11.8 Å². The van der Waals surface area contributed by atoms with Gasteiger partial charge in [-0.1, -0.05) is 54.6 Å². The van der Waals surface area contributed by atoms with Crippen molar-refractivity contribution in [1.29, 1.82) is 0 Å². The van der Waals surface area contributed by atoms with E-state index in [1.54, 1.807) is 16.2 Å². The van der Waals surface area contributed by atoms with Crippen LogP contribution in [-0.2, 0) is 16.0 Å². The van der Waals surface area contributed by atoms with Gasteiger partial charge in [-0.25, -0.2) is 0 Å². The van der Waals surface area contributed by atoms with E-state index in [0.29, 0.717) is 6.54 Å². The molecule has 0 radical (unpaired) electrons. The Morgan fingerprint density at radius 2 is 1.76 bits per heavy atom. The van der Waals surface area contributed by atoms with E-state index < -0.39 is 0 Å². The first-order valence-corrected chi connectivity index (χ1v) is 13.1. The molecule has 1 aliphatic heterocycles. The van der Waals surface area contributed by atoms with Crippen LogP contribution in [0.15, 0.2) is 66.0 Å². The number of rotatable bonds is 6. The molecule has 1 fully saturated rings. The molecule has 2 heterocycles. The first-order valence-electron chi connectivity index (χ1n) is 12.2. The Morgan fingerprint density at radius 1 is 1.03 bits per heavy atom. The van der Waals surface area contributed by atoms with Gasteiger partial charge in [0.05, 0.1) is 6.04 Å². The second-order valence-corrected chi connectivity index (χ2v) is 10.8. The fourth-order valence-electron chi connectivity index (χ4n) is 5.32. The second kappa shape index (κ2) is 9.38. The lowest BCUT2D eigenvalue weighted by atomic mass is 9.90. The normalized spacial score (nSPS) is 21.3. The summed E-state index contributed by atoms with van der Waals surface area (Å²) in [5, 5.41) is 2.13. The third kappa shape index (κ3) is 4.29. The highest BCUT2D eigenvalue weighted by Crippen LogP contribution is 2.48.